The van der Waals surface area contributed by atoms with E-state index in [1.807, 2.05) is 7.05 Å². The van der Waals surface area contributed by atoms with Crippen molar-refractivity contribution in [1.29, 1.82) is 0 Å². The van der Waals surface area contributed by atoms with E-state index in [4.69, 9.17) is 4.74 Å². The standard InChI is InChI=1S/C12H16BrFN2O2/c1-15-5-2-6-16-12(17)8-18-11-4-3-9(13)7-10(11)14/h3-4,7,15H,2,5-6,8H2,1H3,(H,16,17). The molecule has 0 atom stereocenters. The van der Waals surface area contributed by atoms with Gasteiger partial charge in [0.05, 0.1) is 0 Å². The molecular formula is C12H16BrFN2O2. The fraction of sp³-hybridized carbons (Fsp3) is 0.417. The highest BCUT2D eigenvalue weighted by molar-refractivity contribution is 9.10. The van der Waals surface area contributed by atoms with E-state index in [1.165, 1.54) is 12.1 Å². The zero-order chi connectivity index (χ0) is 13.4. The molecule has 0 aromatic heterocycles. The van der Waals surface area contributed by atoms with Gasteiger partial charge in [0.2, 0.25) is 0 Å². The molecule has 1 rings (SSSR count). The molecule has 1 aromatic carbocycles. The Hall–Kier alpha value is -1.14. The predicted octanol–water partition coefficient (Wildman–Crippen LogP) is 1.69. The molecule has 0 fully saturated rings. The van der Waals surface area contributed by atoms with Crippen molar-refractivity contribution in [1.82, 2.24) is 10.6 Å². The second-order valence-corrected chi connectivity index (χ2v) is 4.59. The minimum Gasteiger partial charge on any atom is -0.481 e. The fourth-order valence-corrected chi connectivity index (χ4v) is 1.61. The molecule has 100 valence electrons. The van der Waals surface area contributed by atoms with Crippen molar-refractivity contribution in [3.63, 3.8) is 0 Å². The second-order valence-electron chi connectivity index (χ2n) is 3.67. The number of amides is 1. The van der Waals surface area contributed by atoms with E-state index >= 15 is 0 Å². The molecule has 0 saturated heterocycles. The van der Waals surface area contributed by atoms with Gasteiger partial charge in [-0.3, -0.25) is 4.79 Å². The van der Waals surface area contributed by atoms with Crippen LogP contribution < -0.4 is 15.4 Å². The first-order valence-corrected chi connectivity index (χ1v) is 6.42. The van der Waals surface area contributed by atoms with Gasteiger partial charge in [0.1, 0.15) is 0 Å². The monoisotopic (exact) mass is 318 g/mol. The van der Waals surface area contributed by atoms with Crippen LogP contribution in [0.1, 0.15) is 6.42 Å². The van der Waals surface area contributed by atoms with Crippen LogP contribution in [0.4, 0.5) is 4.39 Å². The number of nitrogens with one attached hydrogen (secondary N) is 2. The van der Waals surface area contributed by atoms with Crippen molar-refractivity contribution >= 4 is 21.8 Å². The van der Waals surface area contributed by atoms with Gasteiger partial charge in [-0.15, -0.1) is 0 Å². The minimum absolute atomic E-state index is 0.0728. The van der Waals surface area contributed by atoms with Crippen molar-refractivity contribution in [3.05, 3.63) is 28.5 Å². The van der Waals surface area contributed by atoms with Crippen LogP contribution in [-0.4, -0.2) is 32.7 Å². The number of hydrogen-bond donors (Lipinski definition) is 2. The van der Waals surface area contributed by atoms with E-state index in [9.17, 15) is 9.18 Å². The van der Waals surface area contributed by atoms with Crippen molar-refractivity contribution in [2.24, 2.45) is 0 Å². The Morgan fingerprint density at radius 3 is 2.89 bits per heavy atom. The van der Waals surface area contributed by atoms with Crippen LogP contribution >= 0.6 is 15.9 Å². The lowest BCUT2D eigenvalue weighted by Crippen LogP contribution is -2.31. The minimum atomic E-state index is -0.493. The Morgan fingerprint density at radius 1 is 1.44 bits per heavy atom. The number of benzene rings is 1. The summed E-state index contributed by atoms with van der Waals surface area (Å²) >= 11 is 3.14. The van der Waals surface area contributed by atoms with Gasteiger partial charge >= 0.3 is 0 Å². The Morgan fingerprint density at radius 2 is 2.22 bits per heavy atom. The summed E-state index contributed by atoms with van der Waals surface area (Å²) in [4.78, 5) is 11.4. The summed E-state index contributed by atoms with van der Waals surface area (Å²) in [5, 5.41) is 5.66. The van der Waals surface area contributed by atoms with Gasteiger partial charge in [0.25, 0.3) is 5.91 Å². The molecule has 0 saturated carbocycles. The molecule has 0 unspecified atom stereocenters. The fourth-order valence-electron chi connectivity index (χ4n) is 1.28. The topological polar surface area (TPSA) is 50.4 Å². The molecule has 0 aliphatic heterocycles. The van der Waals surface area contributed by atoms with Crippen LogP contribution in [0.15, 0.2) is 22.7 Å². The molecule has 2 N–H and O–H groups in total. The molecule has 18 heavy (non-hydrogen) atoms. The van der Waals surface area contributed by atoms with E-state index in [0.717, 1.165) is 13.0 Å². The van der Waals surface area contributed by atoms with Gasteiger partial charge in [0.15, 0.2) is 18.2 Å². The highest BCUT2D eigenvalue weighted by atomic mass is 79.9. The maximum Gasteiger partial charge on any atom is 0.257 e. The van der Waals surface area contributed by atoms with Crippen molar-refractivity contribution in [2.75, 3.05) is 26.7 Å². The van der Waals surface area contributed by atoms with Gasteiger partial charge in [-0.2, -0.15) is 0 Å². The Balaban J connectivity index is 2.29. The van der Waals surface area contributed by atoms with Gasteiger partial charge in [-0.05, 0) is 38.2 Å². The first-order valence-electron chi connectivity index (χ1n) is 5.62. The summed E-state index contributed by atoms with van der Waals surface area (Å²) < 4.78 is 19.1. The zero-order valence-corrected chi connectivity index (χ0v) is 11.7. The summed E-state index contributed by atoms with van der Waals surface area (Å²) in [6, 6.07) is 4.43. The number of rotatable bonds is 7. The quantitative estimate of drug-likeness (QED) is 0.752. The molecule has 0 aliphatic carbocycles. The maximum atomic E-state index is 13.4. The molecule has 1 aromatic rings. The van der Waals surface area contributed by atoms with E-state index in [0.29, 0.717) is 11.0 Å². The van der Waals surface area contributed by atoms with E-state index in [-0.39, 0.29) is 18.3 Å². The predicted molar refractivity (Wildman–Crippen MR) is 71.1 cm³/mol. The van der Waals surface area contributed by atoms with Gasteiger partial charge < -0.3 is 15.4 Å². The first-order chi connectivity index (χ1) is 8.63. The maximum absolute atomic E-state index is 13.4. The molecular weight excluding hydrogens is 303 g/mol. The van der Waals surface area contributed by atoms with E-state index in [2.05, 4.69) is 26.6 Å². The van der Waals surface area contributed by atoms with E-state index < -0.39 is 5.82 Å². The van der Waals surface area contributed by atoms with Crippen molar-refractivity contribution < 1.29 is 13.9 Å². The number of carbonyl (C=O) groups is 1. The highest BCUT2D eigenvalue weighted by Gasteiger charge is 2.06. The zero-order valence-electron chi connectivity index (χ0n) is 10.1. The number of hydrogen-bond acceptors (Lipinski definition) is 3. The summed E-state index contributed by atoms with van der Waals surface area (Å²) in [7, 11) is 1.85. The lowest BCUT2D eigenvalue weighted by Gasteiger charge is -2.08. The molecule has 0 radical (unpaired) electrons. The van der Waals surface area contributed by atoms with Crippen LogP contribution in [0.5, 0.6) is 5.75 Å². The summed E-state index contributed by atoms with van der Waals surface area (Å²) in [5.74, 6) is -0.677. The number of carbonyl (C=O) groups excluding carboxylic acids is 1. The molecule has 0 spiro atoms. The van der Waals surface area contributed by atoms with Crippen molar-refractivity contribution in [3.8, 4) is 5.75 Å². The van der Waals surface area contributed by atoms with Crippen molar-refractivity contribution in [2.45, 2.75) is 6.42 Å². The smallest absolute Gasteiger partial charge is 0.257 e. The average molecular weight is 319 g/mol. The Bertz CT molecular complexity index is 402. The van der Waals surface area contributed by atoms with Gasteiger partial charge in [0, 0.05) is 11.0 Å². The van der Waals surface area contributed by atoms with Crippen LogP contribution in [0.25, 0.3) is 0 Å². The third-order valence-electron chi connectivity index (χ3n) is 2.18. The second kappa shape index (κ2) is 8.05. The molecule has 0 heterocycles. The third-order valence-corrected chi connectivity index (χ3v) is 2.67. The largest absolute Gasteiger partial charge is 0.481 e. The molecule has 1 amide bonds. The average Bonchev–Trinajstić information content (AvgIpc) is 2.33. The van der Waals surface area contributed by atoms with Crippen LogP contribution in [0.3, 0.4) is 0 Å². The van der Waals surface area contributed by atoms with Crippen LogP contribution in [0, 0.1) is 5.82 Å². The number of ether oxygens (including phenoxy) is 1. The molecule has 0 bridgehead atoms. The Kier molecular flexibility index (Phi) is 6.67. The highest BCUT2D eigenvalue weighted by Crippen LogP contribution is 2.21. The summed E-state index contributed by atoms with van der Waals surface area (Å²) in [6.45, 7) is 1.23. The SMILES string of the molecule is CNCCCNC(=O)COc1ccc(Br)cc1F. The van der Waals surface area contributed by atoms with Gasteiger partial charge in [-0.1, -0.05) is 15.9 Å². The van der Waals surface area contributed by atoms with Crippen LogP contribution in [-0.2, 0) is 4.79 Å². The summed E-state index contributed by atoms with van der Waals surface area (Å²) in [6.07, 6.45) is 0.842. The first kappa shape index (κ1) is 14.9. The third kappa shape index (κ3) is 5.46. The molecule has 0 aliphatic rings. The lowest BCUT2D eigenvalue weighted by molar-refractivity contribution is -0.123. The van der Waals surface area contributed by atoms with E-state index in [1.54, 1.807) is 6.07 Å². The normalized spacial score (nSPS) is 10.2. The van der Waals surface area contributed by atoms with Crippen LogP contribution in [0.2, 0.25) is 0 Å². The Labute approximate surface area is 114 Å². The summed E-state index contributed by atoms with van der Waals surface area (Å²) in [5.41, 5.74) is 0. The number of halogens is 2. The lowest BCUT2D eigenvalue weighted by atomic mass is 10.3. The molecule has 4 nitrogen and oxygen atoms in total. The van der Waals surface area contributed by atoms with Gasteiger partial charge in [-0.25, -0.2) is 4.39 Å². The molecule has 6 heteroatoms.